The lowest BCUT2D eigenvalue weighted by atomic mass is 9.94. The van der Waals surface area contributed by atoms with E-state index in [1.54, 1.807) is 13.4 Å². The summed E-state index contributed by atoms with van der Waals surface area (Å²) < 4.78 is 7.82. The second-order valence-electron chi connectivity index (χ2n) is 5.38. The van der Waals surface area contributed by atoms with Crippen LogP contribution in [0.25, 0.3) is 10.8 Å². The second kappa shape index (κ2) is 6.40. The highest BCUT2D eigenvalue weighted by molar-refractivity contribution is 6.30. The van der Waals surface area contributed by atoms with Crippen LogP contribution in [0.15, 0.2) is 65.9 Å². The molecule has 4 nitrogen and oxygen atoms in total. The van der Waals surface area contributed by atoms with Crippen LogP contribution in [-0.2, 0) is 10.5 Å². The van der Waals surface area contributed by atoms with Crippen molar-refractivity contribution in [1.29, 1.82) is 0 Å². The first kappa shape index (κ1) is 16.7. The SMILES string of the molecule is COC1(c2ccc(Cl)cc2)NC=N[n+]2ccc3ccccc3c21.[Cl-]. The summed E-state index contributed by atoms with van der Waals surface area (Å²) in [7, 11) is 1.69. The average Bonchev–Trinajstić information content (AvgIpc) is 2.61. The maximum atomic E-state index is 6.04. The van der Waals surface area contributed by atoms with Crippen LogP contribution in [0.1, 0.15) is 11.3 Å². The molecule has 1 aromatic heterocycles. The molecule has 4 rings (SSSR count). The van der Waals surface area contributed by atoms with E-state index in [0.717, 1.165) is 22.0 Å². The molecule has 1 unspecified atom stereocenters. The Morgan fingerprint density at radius 2 is 1.83 bits per heavy atom. The highest BCUT2D eigenvalue weighted by atomic mass is 35.5. The highest BCUT2D eigenvalue weighted by Gasteiger charge is 2.46. The van der Waals surface area contributed by atoms with Crippen molar-refractivity contribution in [3.63, 3.8) is 0 Å². The summed E-state index contributed by atoms with van der Waals surface area (Å²) in [5.41, 5.74) is 1.07. The molecule has 6 heteroatoms. The number of rotatable bonds is 2. The normalized spacial score (nSPS) is 18.6. The zero-order valence-electron chi connectivity index (χ0n) is 12.9. The fourth-order valence-corrected chi connectivity index (χ4v) is 3.21. The molecule has 0 aliphatic carbocycles. The van der Waals surface area contributed by atoms with E-state index in [9.17, 15) is 0 Å². The maximum absolute atomic E-state index is 6.04. The van der Waals surface area contributed by atoms with Gasteiger partial charge in [0, 0.05) is 28.9 Å². The Morgan fingerprint density at radius 3 is 2.58 bits per heavy atom. The molecule has 1 aliphatic rings. The average molecular weight is 360 g/mol. The van der Waals surface area contributed by atoms with E-state index in [-0.39, 0.29) is 12.4 Å². The molecule has 0 amide bonds. The van der Waals surface area contributed by atoms with E-state index < -0.39 is 5.72 Å². The summed E-state index contributed by atoms with van der Waals surface area (Å²) in [6.07, 6.45) is 3.60. The van der Waals surface area contributed by atoms with Gasteiger partial charge in [-0.05, 0) is 28.3 Å². The third-order valence-electron chi connectivity index (χ3n) is 4.18. The number of halogens is 2. The van der Waals surface area contributed by atoms with Crippen LogP contribution in [0.2, 0.25) is 5.02 Å². The molecule has 0 fully saturated rings. The van der Waals surface area contributed by atoms with E-state index in [4.69, 9.17) is 16.3 Å². The van der Waals surface area contributed by atoms with Crippen molar-refractivity contribution in [3.8, 4) is 0 Å². The number of ether oxygens (including phenoxy) is 1. The van der Waals surface area contributed by atoms with Gasteiger partial charge in [-0.1, -0.05) is 41.9 Å². The van der Waals surface area contributed by atoms with Crippen molar-refractivity contribution in [2.24, 2.45) is 5.10 Å². The van der Waals surface area contributed by atoms with Gasteiger partial charge in [0.15, 0.2) is 6.34 Å². The summed E-state index contributed by atoms with van der Waals surface area (Å²) in [5.74, 6) is 0. The number of nitrogens with one attached hydrogen (secondary N) is 1. The largest absolute Gasteiger partial charge is 1.00 e. The summed E-state index contributed by atoms with van der Waals surface area (Å²) in [4.78, 5) is 0. The Kier molecular flexibility index (Phi) is 4.45. The Morgan fingerprint density at radius 1 is 1.08 bits per heavy atom. The number of pyridine rings is 1. The first-order valence-corrected chi connectivity index (χ1v) is 7.68. The number of nitrogens with zero attached hydrogens (tertiary/aromatic N) is 2. The van der Waals surface area contributed by atoms with Crippen LogP contribution in [0.3, 0.4) is 0 Å². The van der Waals surface area contributed by atoms with Crippen molar-refractivity contribution >= 4 is 28.7 Å². The minimum absolute atomic E-state index is 0. The fraction of sp³-hybridized carbons (Fsp3) is 0.111. The van der Waals surface area contributed by atoms with Gasteiger partial charge in [0.2, 0.25) is 6.20 Å². The molecular formula is C18H15Cl2N3O. The molecule has 0 saturated carbocycles. The molecule has 24 heavy (non-hydrogen) atoms. The van der Waals surface area contributed by atoms with Gasteiger partial charge < -0.3 is 22.5 Å². The zero-order chi connectivity index (χ0) is 15.9. The third-order valence-corrected chi connectivity index (χ3v) is 4.43. The molecule has 0 spiro atoms. The van der Waals surface area contributed by atoms with Gasteiger partial charge in [-0.3, -0.25) is 0 Å². The van der Waals surface area contributed by atoms with Crippen LogP contribution in [0.4, 0.5) is 0 Å². The van der Waals surface area contributed by atoms with E-state index in [1.165, 1.54) is 0 Å². The van der Waals surface area contributed by atoms with Gasteiger partial charge in [0.1, 0.15) is 0 Å². The van der Waals surface area contributed by atoms with E-state index in [0.29, 0.717) is 5.02 Å². The lowest BCUT2D eigenvalue weighted by Crippen LogP contribution is -3.00. The van der Waals surface area contributed by atoms with E-state index in [1.807, 2.05) is 53.3 Å². The highest BCUT2D eigenvalue weighted by Crippen LogP contribution is 2.34. The monoisotopic (exact) mass is 359 g/mol. The molecule has 122 valence electrons. The van der Waals surface area contributed by atoms with Crippen LogP contribution in [0.5, 0.6) is 0 Å². The van der Waals surface area contributed by atoms with E-state index >= 15 is 0 Å². The topological polar surface area (TPSA) is 37.5 Å². The fourth-order valence-electron chi connectivity index (χ4n) is 3.08. The minimum atomic E-state index is -0.826. The van der Waals surface area contributed by atoms with Crippen molar-refractivity contribution < 1.29 is 21.8 Å². The number of hydrogen-bond donors (Lipinski definition) is 1. The van der Waals surface area contributed by atoms with Gasteiger partial charge in [-0.2, -0.15) is 0 Å². The smallest absolute Gasteiger partial charge is 0.279 e. The Bertz CT molecular complexity index is 912. The molecule has 0 radical (unpaired) electrons. The van der Waals surface area contributed by atoms with Gasteiger partial charge >= 0.3 is 0 Å². The summed E-state index contributed by atoms with van der Waals surface area (Å²) in [5, 5.41) is 10.6. The molecule has 2 heterocycles. The van der Waals surface area contributed by atoms with Crippen LogP contribution >= 0.6 is 11.6 Å². The zero-order valence-corrected chi connectivity index (χ0v) is 14.4. The Balaban J connectivity index is 0.00000169. The Labute approximate surface area is 151 Å². The maximum Gasteiger partial charge on any atom is 0.279 e. The lowest BCUT2D eigenvalue weighted by molar-refractivity contribution is -0.694. The van der Waals surface area contributed by atoms with Crippen LogP contribution in [-0.4, -0.2) is 13.4 Å². The van der Waals surface area contributed by atoms with Crippen molar-refractivity contribution in [2.45, 2.75) is 5.72 Å². The van der Waals surface area contributed by atoms with Gasteiger partial charge in [0.25, 0.3) is 11.4 Å². The predicted molar refractivity (Wildman–Crippen MR) is 90.4 cm³/mol. The van der Waals surface area contributed by atoms with Crippen LogP contribution < -0.4 is 22.4 Å². The summed E-state index contributed by atoms with van der Waals surface area (Å²) in [6, 6.07) is 17.9. The van der Waals surface area contributed by atoms with Gasteiger partial charge in [-0.15, -0.1) is 0 Å². The molecule has 2 aromatic carbocycles. The summed E-state index contributed by atoms with van der Waals surface area (Å²) >= 11 is 6.04. The molecular weight excluding hydrogens is 345 g/mol. The number of methoxy groups -OCH3 is 1. The van der Waals surface area contributed by atoms with Crippen molar-refractivity contribution in [2.75, 3.05) is 7.11 Å². The van der Waals surface area contributed by atoms with Crippen molar-refractivity contribution in [3.05, 3.63) is 77.1 Å². The molecule has 0 saturated heterocycles. The van der Waals surface area contributed by atoms with E-state index in [2.05, 4.69) is 22.6 Å². The third kappa shape index (κ3) is 2.44. The Hall–Kier alpha value is -2.14. The molecule has 3 aromatic rings. The molecule has 0 bridgehead atoms. The quantitative estimate of drug-likeness (QED) is 0.655. The second-order valence-corrected chi connectivity index (χ2v) is 5.81. The number of benzene rings is 2. The summed E-state index contributed by atoms with van der Waals surface area (Å²) in [6.45, 7) is 0. The minimum Gasteiger partial charge on any atom is -1.00 e. The number of fused-ring (bicyclic) bond motifs is 3. The standard InChI is InChI=1S/C18H15ClN3O.ClH/c1-23-18(14-6-8-15(19)9-7-14)17-16-5-3-2-4-13(16)10-11-22(17)21-12-20-18;/h2-12H,1H3,(H,20,21);1H/q+1;/p-1. The lowest BCUT2D eigenvalue weighted by Gasteiger charge is -2.31. The van der Waals surface area contributed by atoms with Gasteiger partial charge in [-0.25, -0.2) is 0 Å². The molecule has 1 N–H and O–H groups in total. The van der Waals surface area contributed by atoms with Gasteiger partial charge in [0.05, 0.1) is 5.39 Å². The van der Waals surface area contributed by atoms with Crippen molar-refractivity contribution in [1.82, 2.24) is 5.32 Å². The number of hydrogen-bond acceptors (Lipinski definition) is 3. The number of aromatic nitrogens is 1. The molecule has 1 atom stereocenters. The molecule has 1 aliphatic heterocycles. The predicted octanol–water partition coefficient (Wildman–Crippen LogP) is 0.0268. The first-order valence-electron chi connectivity index (χ1n) is 7.30. The van der Waals surface area contributed by atoms with Crippen LogP contribution in [0, 0.1) is 0 Å². The first-order chi connectivity index (χ1) is 11.2.